The molecule has 0 aliphatic carbocycles. The van der Waals surface area contributed by atoms with Crippen molar-refractivity contribution in [2.45, 2.75) is 334 Å². The highest BCUT2D eigenvalue weighted by Gasteiger charge is 2.18. The molecule has 0 fully saturated rings. The predicted molar refractivity (Wildman–Crippen MR) is 306 cm³/mol. The Balaban J connectivity index is 3.42. The molecular weight excluding hydrogens is 863 g/mol. The molecule has 0 rings (SSSR count). The van der Waals surface area contributed by atoms with Crippen molar-refractivity contribution in [2.24, 2.45) is 0 Å². The van der Waals surface area contributed by atoms with Gasteiger partial charge in [-0.25, -0.2) is 0 Å². The third-order valence-electron chi connectivity index (χ3n) is 14.1. The maximum absolute atomic E-state index is 12.4. The minimum absolute atomic E-state index is 0.00284. The lowest BCUT2D eigenvalue weighted by molar-refractivity contribution is -0.143. The third kappa shape index (κ3) is 55.1. The number of ether oxygens (including phenoxy) is 1. The third-order valence-corrected chi connectivity index (χ3v) is 14.1. The second-order valence-electron chi connectivity index (χ2n) is 21.0. The average molecular weight is 983 g/mol. The van der Waals surface area contributed by atoms with E-state index in [4.69, 9.17) is 4.74 Å². The maximum atomic E-state index is 12.4. The number of hydrogen-bond donors (Lipinski definition) is 3. The van der Waals surface area contributed by atoms with Crippen molar-refractivity contribution < 1.29 is 24.5 Å². The summed E-state index contributed by atoms with van der Waals surface area (Å²) in [7, 11) is 0. The van der Waals surface area contributed by atoms with Crippen LogP contribution in [0.5, 0.6) is 0 Å². The quantitative estimate of drug-likeness (QED) is 0.0321. The molecule has 0 saturated heterocycles. The summed E-state index contributed by atoms with van der Waals surface area (Å²) >= 11 is 0. The molecule has 0 heterocycles. The van der Waals surface area contributed by atoms with E-state index in [9.17, 15) is 19.8 Å². The zero-order chi connectivity index (χ0) is 50.7. The normalized spacial score (nSPS) is 12.9. The molecule has 0 saturated carbocycles. The molecule has 3 N–H and O–H groups in total. The second-order valence-corrected chi connectivity index (χ2v) is 21.0. The number of aliphatic hydroxyl groups excluding tert-OH is 2. The van der Waals surface area contributed by atoms with Gasteiger partial charge in [-0.15, -0.1) is 0 Å². The van der Waals surface area contributed by atoms with Gasteiger partial charge in [0.2, 0.25) is 5.91 Å². The Labute approximate surface area is 436 Å². The van der Waals surface area contributed by atoms with E-state index in [1.165, 1.54) is 238 Å². The van der Waals surface area contributed by atoms with Gasteiger partial charge in [-0.05, 0) is 89.9 Å². The zero-order valence-electron chi connectivity index (χ0n) is 46.7. The predicted octanol–water partition coefficient (Wildman–Crippen LogP) is 19.4. The second kappa shape index (κ2) is 59.4. The van der Waals surface area contributed by atoms with Crippen molar-refractivity contribution in [2.75, 3.05) is 13.2 Å². The van der Waals surface area contributed by atoms with Gasteiger partial charge in [0.15, 0.2) is 0 Å². The van der Waals surface area contributed by atoms with Crippen LogP contribution < -0.4 is 5.32 Å². The maximum Gasteiger partial charge on any atom is 0.305 e. The van der Waals surface area contributed by atoms with Crippen LogP contribution in [-0.2, 0) is 14.3 Å². The van der Waals surface area contributed by atoms with Gasteiger partial charge in [0.1, 0.15) is 0 Å². The lowest BCUT2D eigenvalue weighted by Crippen LogP contribution is -2.45. The lowest BCUT2D eigenvalue weighted by atomic mass is 10.0. The van der Waals surface area contributed by atoms with E-state index in [0.29, 0.717) is 19.4 Å². The molecule has 6 nitrogen and oxygen atoms in total. The molecule has 6 heteroatoms. The SMILES string of the molecule is CCCCC/C=C\C/C=C\CCCCCCCCCC(=O)OCCCCCCCCCCCCCC/C=C\CCCCCCCCCC(=O)NC(CO)C(O)/C=C/CCCCCCCCCCCCC. The van der Waals surface area contributed by atoms with E-state index in [0.717, 1.165) is 57.8 Å². The minimum Gasteiger partial charge on any atom is -0.466 e. The molecule has 0 aliphatic rings. The first kappa shape index (κ1) is 67.8. The van der Waals surface area contributed by atoms with Crippen molar-refractivity contribution in [1.82, 2.24) is 5.32 Å². The molecule has 0 spiro atoms. The number of unbranched alkanes of at least 4 members (excludes halogenated alkanes) is 40. The summed E-state index contributed by atoms with van der Waals surface area (Å²) in [5.74, 6) is -0.0719. The van der Waals surface area contributed by atoms with E-state index < -0.39 is 12.1 Å². The van der Waals surface area contributed by atoms with Crippen LogP contribution in [0.25, 0.3) is 0 Å². The molecular formula is C64H119NO5. The Morgan fingerprint density at radius 1 is 0.400 bits per heavy atom. The van der Waals surface area contributed by atoms with E-state index in [-0.39, 0.29) is 18.5 Å². The Bertz CT molecular complexity index is 1180. The monoisotopic (exact) mass is 982 g/mol. The summed E-state index contributed by atoms with van der Waals surface area (Å²) < 4.78 is 5.49. The van der Waals surface area contributed by atoms with Crippen molar-refractivity contribution in [3.8, 4) is 0 Å². The number of amides is 1. The van der Waals surface area contributed by atoms with Crippen LogP contribution in [0.3, 0.4) is 0 Å². The molecule has 0 aliphatic heterocycles. The van der Waals surface area contributed by atoms with Crippen molar-refractivity contribution >= 4 is 11.9 Å². The molecule has 0 bridgehead atoms. The number of esters is 1. The fraction of sp³-hybridized carbons (Fsp3) is 0.844. The summed E-state index contributed by atoms with van der Waals surface area (Å²) in [5.41, 5.74) is 0. The van der Waals surface area contributed by atoms with Crippen LogP contribution in [0.4, 0.5) is 0 Å². The van der Waals surface area contributed by atoms with Crippen LogP contribution >= 0.6 is 0 Å². The summed E-state index contributed by atoms with van der Waals surface area (Å²) in [5, 5.41) is 23.1. The van der Waals surface area contributed by atoms with E-state index in [1.54, 1.807) is 6.08 Å². The molecule has 2 unspecified atom stereocenters. The van der Waals surface area contributed by atoms with Gasteiger partial charge in [0, 0.05) is 12.8 Å². The van der Waals surface area contributed by atoms with Gasteiger partial charge in [-0.3, -0.25) is 9.59 Å². The Morgan fingerprint density at radius 3 is 1.13 bits per heavy atom. The molecule has 0 aromatic carbocycles. The first-order chi connectivity index (χ1) is 34.5. The highest BCUT2D eigenvalue weighted by molar-refractivity contribution is 5.76. The Hall–Kier alpha value is -2.18. The van der Waals surface area contributed by atoms with Crippen LogP contribution in [-0.4, -0.2) is 47.4 Å². The molecule has 0 aromatic rings. The van der Waals surface area contributed by atoms with Crippen molar-refractivity contribution in [3.05, 3.63) is 48.6 Å². The molecule has 70 heavy (non-hydrogen) atoms. The fourth-order valence-corrected chi connectivity index (χ4v) is 9.31. The van der Waals surface area contributed by atoms with Crippen molar-refractivity contribution in [1.29, 1.82) is 0 Å². The van der Waals surface area contributed by atoms with Gasteiger partial charge < -0.3 is 20.3 Å². The van der Waals surface area contributed by atoms with Gasteiger partial charge in [-0.2, -0.15) is 0 Å². The van der Waals surface area contributed by atoms with Gasteiger partial charge >= 0.3 is 5.97 Å². The van der Waals surface area contributed by atoms with Crippen LogP contribution in [0.2, 0.25) is 0 Å². The zero-order valence-corrected chi connectivity index (χ0v) is 46.7. The summed E-state index contributed by atoms with van der Waals surface area (Å²) in [6.45, 7) is 4.87. The number of hydrogen-bond acceptors (Lipinski definition) is 5. The van der Waals surface area contributed by atoms with Crippen LogP contribution in [0.1, 0.15) is 322 Å². The van der Waals surface area contributed by atoms with Crippen LogP contribution in [0.15, 0.2) is 48.6 Å². The number of allylic oxidation sites excluding steroid dienone is 7. The first-order valence-electron chi connectivity index (χ1n) is 30.9. The Morgan fingerprint density at radius 2 is 0.714 bits per heavy atom. The molecule has 1 amide bonds. The number of nitrogens with one attached hydrogen (secondary N) is 1. The topological polar surface area (TPSA) is 95.9 Å². The molecule has 0 aromatic heterocycles. The van der Waals surface area contributed by atoms with E-state index in [1.807, 2.05) is 6.08 Å². The van der Waals surface area contributed by atoms with Crippen molar-refractivity contribution in [3.63, 3.8) is 0 Å². The lowest BCUT2D eigenvalue weighted by Gasteiger charge is -2.20. The summed E-state index contributed by atoms with van der Waals surface area (Å²) in [6.07, 6.45) is 75.8. The molecule has 0 radical (unpaired) electrons. The highest BCUT2D eigenvalue weighted by Crippen LogP contribution is 2.16. The number of rotatable bonds is 57. The number of carbonyl (C=O) groups excluding carboxylic acids is 2. The minimum atomic E-state index is -0.848. The molecule has 410 valence electrons. The number of aliphatic hydroxyl groups is 2. The van der Waals surface area contributed by atoms with E-state index in [2.05, 4.69) is 55.6 Å². The van der Waals surface area contributed by atoms with Gasteiger partial charge in [-0.1, -0.05) is 268 Å². The smallest absolute Gasteiger partial charge is 0.305 e. The standard InChI is InChI=1S/C64H119NO5/c1-3-5-7-9-11-13-15-17-18-26-30-34-38-42-46-50-54-58-64(69)70-59-55-51-47-43-39-35-31-28-25-23-21-19-20-22-24-27-29-33-37-41-45-49-53-57-63(68)65-61(60-66)62(67)56-52-48-44-40-36-32-16-14-12-10-8-6-4-2/h11,13,17-18,22,24,52,56,61-62,66-67H,3-10,12,14-16,19-21,23,25-51,53-55,57-60H2,1-2H3,(H,65,68)/b13-11-,18-17-,24-22-,56-52+. The van der Waals surface area contributed by atoms with Gasteiger partial charge in [0.05, 0.1) is 25.4 Å². The fourth-order valence-electron chi connectivity index (χ4n) is 9.31. The average Bonchev–Trinajstić information content (AvgIpc) is 3.36. The van der Waals surface area contributed by atoms with Crippen LogP contribution in [0, 0.1) is 0 Å². The summed E-state index contributed by atoms with van der Waals surface area (Å²) in [6, 6.07) is -0.632. The van der Waals surface area contributed by atoms with Gasteiger partial charge in [0.25, 0.3) is 0 Å². The first-order valence-corrected chi connectivity index (χ1v) is 30.9. The highest BCUT2D eigenvalue weighted by atomic mass is 16.5. The number of carbonyl (C=O) groups is 2. The Kier molecular flexibility index (Phi) is 57.5. The van der Waals surface area contributed by atoms with E-state index >= 15 is 0 Å². The largest absolute Gasteiger partial charge is 0.466 e. The molecule has 2 atom stereocenters. The summed E-state index contributed by atoms with van der Waals surface area (Å²) in [4.78, 5) is 24.5.